The number of nitrogens with zero attached hydrogens (tertiary/aromatic N) is 1. The third-order valence-corrected chi connectivity index (χ3v) is 2.08. The van der Waals surface area contributed by atoms with Crippen LogP contribution in [0.1, 0.15) is 24.2 Å². The van der Waals surface area contributed by atoms with Crippen LogP contribution in [0, 0.1) is 21.8 Å². The van der Waals surface area contributed by atoms with E-state index in [2.05, 4.69) is 5.32 Å². The van der Waals surface area contributed by atoms with Gasteiger partial charge in [0.25, 0.3) is 11.6 Å². The van der Waals surface area contributed by atoms with E-state index in [4.69, 9.17) is 0 Å². The van der Waals surface area contributed by atoms with Crippen molar-refractivity contribution in [3.63, 3.8) is 0 Å². The summed E-state index contributed by atoms with van der Waals surface area (Å²) in [5.41, 5.74) is -0.556. The zero-order chi connectivity index (χ0) is 13.0. The van der Waals surface area contributed by atoms with Gasteiger partial charge in [0.1, 0.15) is 5.82 Å². The zero-order valence-corrected chi connectivity index (χ0v) is 9.57. The second-order valence-electron chi connectivity index (χ2n) is 4.03. The third-order valence-electron chi connectivity index (χ3n) is 2.08. The topological polar surface area (TPSA) is 72.2 Å². The highest BCUT2D eigenvalue weighted by Crippen LogP contribution is 2.16. The molecule has 1 aromatic rings. The molecule has 0 atom stereocenters. The number of nitro benzene ring substituents is 1. The van der Waals surface area contributed by atoms with Crippen molar-refractivity contribution < 1.29 is 14.1 Å². The van der Waals surface area contributed by atoms with Gasteiger partial charge in [0.05, 0.1) is 16.6 Å². The van der Waals surface area contributed by atoms with Crippen LogP contribution in [0.15, 0.2) is 18.2 Å². The molecule has 6 heteroatoms. The van der Waals surface area contributed by atoms with Crippen LogP contribution in [0.4, 0.5) is 10.1 Å². The van der Waals surface area contributed by atoms with Crippen molar-refractivity contribution in [2.45, 2.75) is 13.8 Å². The van der Waals surface area contributed by atoms with Crippen molar-refractivity contribution in [2.24, 2.45) is 5.92 Å². The predicted octanol–water partition coefficient (Wildman–Crippen LogP) is 2.12. The van der Waals surface area contributed by atoms with Gasteiger partial charge < -0.3 is 5.32 Å². The van der Waals surface area contributed by atoms with E-state index >= 15 is 0 Å². The Bertz CT molecular complexity index is 446. The quantitative estimate of drug-likeness (QED) is 0.647. The number of hydrogen-bond donors (Lipinski definition) is 1. The van der Waals surface area contributed by atoms with E-state index in [1.165, 1.54) is 0 Å². The van der Waals surface area contributed by atoms with Crippen LogP contribution in [0.2, 0.25) is 0 Å². The molecule has 0 aliphatic carbocycles. The van der Waals surface area contributed by atoms with Gasteiger partial charge in [-0.25, -0.2) is 4.39 Å². The molecule has 0 saturated carbocycles. The Balaban J connectivity index is 2.85. The van der Waals surface area contributed by atoms with E-state index in [0.717, 1.165) is 18.2 Å². The van der Waals surface area contributed by atoms with Gasteiger partial charge in [0.2, 0.25) is 0 Å². The molecule has 0 unspecified atom stereocenters. The van der Waals surface area contributed by atoms with Gasteiger partial charge in [-0.15, -0.1) is 0 Å². The summed E-state index contributed by atoms with van der Waals surface area (Å²) in [4.78, 5) is 21.2. The molecule has 1 N–H and O–H groups in total. The van der Waals surface area contributed by atoms with Crippen LogP contribution in [0.25, 0.3) is 0 Å². The van der Waals surface area contributed by atoms with Crippen molar-refractivity contribution in [3.8, 4) is 0 Å². The first kappa shape index (κ1) is 13.1. The van der Waals surface area contributed by atoms with Gasteiger partial charge >= 0.3 is 0 Å². The smallest absolute Gasteiger partial charge is 0.272 e. The number of carbonyl (C=O) groups is 1. The molecule has 0 spiro atoms. The highest BCUT2D eigenvalue weighted by atomic mass is 19.1. The molecule has 0 aliphatic rings. The number of rotatable bonds is 4. The summed E-state index contributed by atoms with van der Waals surface area (Å²) in [5.74, 6) is -1.20. The molecule has 0 aromatic heterocycles. The first-order valence-electron chi connectivity index (χ1n) is 5.14. The maximum atomic E-state index is 13.4. The zero-order valence-electron chi connectivity index (χ0n) is 9.57. The first-order valence-corrected chi connectivity index (χ1v) is 5.14. The van der Waals surface area contributed by atoms with Crippen molar-refractivity contribution >= 4 is 11.6 Å². The Morgan fingerprint density at radius 1 is 1.53 bits per heavy atom. The fourth-order valence-corrected chi connectivity index (χ4v) is 1.19. The van der Waals surface area contributed by atoms with E-state index in [9.17, 15) is 19.3 Å². The Labute approximate surface area is 97.8 Å². The lowest BCUT2D eigenvalue weighted by Crippen LogP contribution is -2.28. The number of halogens is 1. The Hall–Kier alpha value is -1.98. The Morgan fingerprint density at radius 2 is 2.18 bits per heavy atom. The Kier molecular flexibility index (Phi) is 4.14. The molecule has 0 bridgehead atoms. The van der Waals surface area contributed by atoms with Gasteiger partial charge in [0.15, 0.2) is 0 Å². The maximum absolute atomic E-state index is 13.4. The van der Waals surface area contributed by atoms with Crippen LogP contribution in [0.3, 0.4) is 0 Å². The number of non-ortho nitro benzene ring substituents is 1. The fraction of sp³-hybridized carbons (Fsp3) is 0.364. The van der Waals surface area contributed by atoms with E-state index < -0.39 is 16.6 Å². The second-order valence-corrected chi connectivity index (χ2v) is 4.03. The summed E-state index contributed by atoms with van der Waals surface area (Å²) in [6, 6.07) is 2.96. The van der Waals surface area contributed by atoms with Crippen LogP contribution >= 0.6 is 0 Å². The summed E-state index contributed by atoms with van der Waals surface area (Å²) in [7, 11) is 0. The van der Waals surface area contributed by atoms with Crippen molar-refractivity contribution in [1.82, 2.24) is 5.32 Å². The number of nitro groups is 1. The Morgan fingerprint density at radius 3 is 2.65 bits per heavy atom. The number of carbonyl (C=O) groups excluding carboxylic acids is 1. The highest BCUT2D eigenvalue weighted by molar-refractivity contribution is 5.94. The normalized spacial score (nSPS) is 10.4. The standard InChI is InChI=1S/C11H13FN2O3/c1-7(2)6-13-11(15)9-4-3-8(14(16)17)5-10(9)12/h3-5,7H,6H2,1-2H3,(H,13,15). The molecule has 0 fully saturated rings. The summed E-state index contributed by atoms with van der Waals surface area (Å²) in [6.07, 6.45) is 0. The number of amides is 1. The molecule has 5 nitrogen and oxygen atoms in total. The molecule has 0 radical (unpaired) electrons. The summed E-state index contributed by atoms with van der Waals surface area (Å²) in [5, 5.41) is 12.9. The van der Waals surface area contributed by atoms with E-state index in [-0.39, 0.29) is 17.2 Å². The summed E-state index contributed by atoms with van der Waals surface area (Å²) in [6.45, 7) is 4.24. The lowest BCUT2D eigenvalue weighted by molar-refractivity contribution is -0.385. The molecular weight excluding hydrogens is 227 g/mol. The van der Waals surface area contributed by atoms with Gasteiger partial charge in [-0.2, -0.15) is 0 Å². The SMILES string of the molecule is CC(C)CNC(=O)c1ccc([N+](=O)[O-])cc1F. The van der Waals surface area contributed by atoms with Gasteiger partial charge in [0, 0.05) is 12.6 Å². The van der Waals surface area contributed by atoms with Gasteiger partial charge in [-0.05, 0) is 12.0 Å². The molecule has 92 valence electrons. The highest BCUT2D eigenvalue weighted by Gasteiger charge is 2.15. The minimum atomic E-state index is -0.888. The van der Waals surface area contributed by atoms with Gasteiger partial charge in [-0.1, -0.05) is 13.8 Å². The number of nitrogens with one attached hydrogen (secondary N) is 1. The monoisotopic (exact) mass is 240 g/mol. The molecule has 0 aliphatic heterocycles. The van der Waals surface area contributed by atoms with Crippen LogP contribution in [-0.4, -0.2) is 17.4 Å². The molecule has 1 aromatic carbocycles. The fourth-order valence-electron chi connectivity index (χ4n) is 1.19. The molecule has 1 amide bonds. The molecule has 17 heavy (non-hydrogen) atoms. The molecule has 0 heterocycles. The molecule has 1 rings (SSSR count). The average molecular weight is 240 g/mol. The minimum Gasteiger partial charge on any atom is -0.352 e. The average Bonchev–Trinajstić information content (AvgIpc) is 2.25. The third kappa shape index (κ3) is 3.51. The van der Waals surface area contributed by atoms with E-state index in [1.807, 2.05) is 13.8 Å². The summed E-state index contributed by atoms with van der Waals surface area (Å²) < 4.78 is 13.4. The summed E-state index contributed by atoms with van der Waals surface area (Å²) >= 11 is 0. The van der Waals surface area contributed by atoms with Crippen LogP contribution < -0.4 is 5.32 Å². The maximum Gasteiger partial charge on any atom is 0.272 e. The molecule has 0 saturated heterocycles. The number of hydrogen-bond acceptors (Lipinski definition) is 3. The van der Waals surface area contributed by atoms with E-state index in [0.29, 0.717) is 6.54 Å². The van der Waals surface area contributed by atoms with Crippen LogP contribution in [-0.2, 0) is 0 Å². The number of benzene rings is 1. The minimum absolute atomic E-state index is 0.184. The first-order chi connectivity index (χ1) is 7.91. The van der Waals surface area contributed by atoms with Crippen molar-refractivity contribution in [2.75, 3.05) is 6.54 Å². The van der Waals surface area contributed by atoms with Crippen molar-refractivity contribution in [3.05, 3.63) is 39.7 Å². The predicted molar refractivity (Wildman–Crippen MR) is 60.2 cm³/mol. The largest absolute Gasteiger partial charge is 0.352 e. The van der Waals surface area contributed by atoms with E-state index in [1.54, 1.807) is 0 Å². The van der Waals surface area contributed by atoms with Crippen molar-refractivity contribution in [1.29, 1.82) is 0 Å². The van der Waals surface area contributed by atoms with Gasteiger partial charge in [-0.3, -0.25) is 14.9 Å². The second kappa shape index (κ2) is 5.38. The lowest BCUT2D eigenvalue weighted by atomic mass is 10.1. The lowest BCUT2D eigenvalue weighted by Gasteiger charge is -2.07. The molecular formula is C11H13FN2O3. The van der Waals surface area contributed by atoms with Crippen LogP contribution in [0.5, 0.6) is 0 Å².